The predicted octanol–water partition coefficient (Wildman–Crippen LogP) is 1.69. The quantitative estimate of drug-likeness (QED) is 0.882. The Hall–Kier alpha value is -1.19. The van der Waals surface area contributed by atoms with Gasteiger partial charge in [0, 0.05) is 37.6 Å². The highest BCUT2D eigenvalue weighted by atomic mass is 32.2. The summed E-state index contributed by atoms with van der Waals surface area (Å²) in [6.07, 6.45) is 0.847. The minimum Gasteiger partial charge on any atom is -0.467 e. The zero-order chi connectivity index (χ0) is 16.4. The zero-order valence-electron chi connectivity index (χ0n) is 12.9. The molecule has 1 atom stereocenters. The Morgan fingerprint density at radius 3 is 2.57 bits per heavy atom. The van der Waals surface area contributed by atoms with Crippen LogP contribution in [0.3, 0.4) is 0 Å². The van der Waals surface area contributed by atoms with E-state index in [-0.39, 0.29) is 0 Å². The molecule has 3 rings (SSSR count). The van der Waals surface area contributed by atoms with Crippen molar-refractivity contribution in [3.05, 3.63) is 41.2 Å². The molecule has 6 nitrogen and oxygen atoms in total. The van der Waals surface area contributed by atoms with Crippen LogP contribution in [-0.2, 0) is 10.0 Å². The Morgan fingerprint density at radius 2 is 2.00 bits per heavy atom. The second-order valence-corrected chi connectivity index (χ2v) is 9.05. The van der Waals surface area contributed by atoms with E-state index in [1.165, 1.54) is 21.9 Å². The largest absolute Gasteiger partial charge is 0.467 e. The van der Waals surface area contributed by atoms with Crippen LogP contribution in [0.4, 0.5) is 0 Å². The molecule has 1 saturated heterocycles. The summed E-state index contributed by atoms with van der Waals surface area (Å²) in [6, 6.07) is 6.98. The second-order valence-electron chi connectivity index (χ2n) is 5.60. The molecule has 1 aliphatic heterocycles. The van der Waals surface area contributed by atoms with Gasteiger partial charge >= 0.3 is 0 Å². The van der Waals surface area contributed by atoms with Crippen LogP contribution in [0.1, 0.15) is 16.7 Å². The summed E-state index contributed by atoms with van der Waals surface area (Å²) in [4.78, 5) is 3.04. The summed E-state index contributed by atoms with van der Waals surface area (Å²) < 4.78 is 32.3. The number of aryl methyl sites for hydroxylation is 1. The lowest BCUT2D eigenvalue weighted by molar-refractivity contribution is 0.0777. The Labute approximate surface area is 140 Å². The van der Waals surface area contributed by atoms with Crippen molar-refractivity contribution in [1.82, 2.24) is 9.21 Å². The van der Waals surface area contributed by atoms with Gasteiger partial charge in [-0.05, 0) is 31.2 Å². The van der Waals surface area contributed by atoms with E-state index >= 15 is 0 Å². The predicted molar refractivity (Wildman–Crippen MR) is 87.9 cm³/mol. The number of sulfonamides is 1. The van der Waals surface area contributed by atoms with Gasteiger partial charge in [-0.1, -0.05) is 0 Å². The van der Waals surface area contributed by atoms with Crippen LogP contribution in [-0.4, -0.2) is 55.5 Å². The first-order valence-corrected chi connectivity index (χ1v) is 9.73. The van der Waals surface area contributed by atoms with E-state index in [9.17, 15) is 13.5 Å². The van der Waals surface area contributed by atoms with E-state index in [1.54, 1.807) is 18.2 Å². The molecule has 1 N–H and O–H groups in total. The average Bonchev–Trinajstić information content (AvgIpc) is 3.19. The molecule has 2 aromatic rings. The molecular formula is C15H20N2O4S2. The normalized spacial score (nSPS) is 19.0. The number of rotatable bonds is 5. The number of hydrogen-bond acceptors (Lipinski definition) is 6. The third kappa shape index (κ3) is 3.67. The Bertz CT molecular complexity index is 731. The standard InChI is InChI=1S/C15H20N2O4S2/c1-12-4-5-15(22-12)23(19,20)17-8-6-16(7-9-17)11-13(18)14-3-2-10-21-14/h2-5,10,13,18H,6-9,11H2,1H3. The molecule has 0 spiro atoms. The number of hydrogen-bond donors (Lipinski definition) is 1. The number of furan rings is 1. The molecular weight excluding hydrogens is 336 g/mol. The molecule has 1 fully saturated rings. The summed E-state index contributed by atoms with van der Waals surface area (Å²) in [5, 5.41) is 10.1. The molecule has 0 bridgehead atoms. The minimum atomic E-state index is -3.39. The fraction of sp³-hybridized carbons (Fsp3) is 0.467. The highest BCUT2D eigenvalue weighted by Crippen LogP contribution is 2.25. The van der Waals surface area contributed by atoms with E-state index in [1.807, 2.05) is 13.0 Å². The molecule has 2 aromatic heterocycles. The van der Waals surface area contributed by atoms with Gasteiger partial charge in [0.15, 0.2) is 0 Å². The van der Waals surface area contributed by atoms with Gasteiger partial charge < -0.3 is 9.52 Å². The molecule has 0 saturated carbocycles. The van der Waals surface area contributed by atoms with Gasteiger partial charge in [0.2, 0.25) is 0 Å². The first-order chi connectivity index (χ1) is 11.0. The molecule has 0 radical (unpaired) electrons. The third-order valence-electron chi connectivity index (χ3n) is 3.94. The van der Waals surface area contributed by atoms with Crippen LogP contribution >= 0.6 is 11.3 Å². The molecule has 8 heteroatoms. The van der Waals surface area contributed by atoms with Crippen molar-refractivity contribution in [3.63, 3.8) is 0 Å². The number of piperazine rings is 1. The van der Waals surface area contributed by atoms with Gasteiger partial charge in [-0.15, -0.1) is 11.3 Å². The van der Waals surface area contributed by atoms with Crippen molar-refractivity contribution in [1.29, 1.82) is 0 Å². The van der Waals surface area contributed by atoms with E-state index in [0.717, 1.165) is 4.88 Å². The molecule has 1 aliphatic rings. The SMILES string of the molecule is Cc1ccc(S(=O)(=O)N2CCN(CC(O)c3ccco3)CC2)s1. The third-order valence-corrected chi connectivity index (χ3v) is 7.31. The first kappa shape index (κ1) is 16.7. The van der Waals surface area contributed by atoms with E-state index in [4.69, 9.17) is 4.42 Å². The number of aliphatic hydroxyl groups excluding tert-OH is 1. The lowest BCUT2D eigenvalue weighted by Crippen LogP contribution is -2.49. The van der Waals surface area contributed by atoms with Crippen molar-refractivity contribution in [3.8, 4) is 0 Å². The monoisotopic (exact) mass is 356 g/mol. The number of β-amino-alcohol motifs (C(OH)–C–C–N with tert-alkyl or cyclic N) is 1. The van der Waals surface area contributed by atoms with E-state index in [0.29, 0.717) is 42.7 Å². The first-order valence-electron chi connectivity index (χ1n) is 7.47. The maximum atomic E-state index is 12.6. The Morgan fingerprint density at radius 1 is 1.26 bits per heavy atom. The van der Waals surface area contributed by atoms with Crippen LogP contribution in [0, 0.1) is 6.92 Å². The van der Waals surface area contributed by atoms with Crippen molar-refractivity contribution in [2.75, 3.05) is 32.7 Å². The minimum absolute atomic E-state index is 0.402. The fourth-order valence-electron chi connectivity index (χ4n) is 2.65. The molecule has 0 aliphatic carbocycles. The fourth-order valence-corrected chi connectivity index (χ4v) is 5.51. The average molecular weight is 356 g/mol. The van der Waals surface area contributed by atoms with Crippen molar-refractivity contribution in [2.24, 2.45) is 0 Å². The van der Waals surface area contributed by atoms with Crippen molar-refractivity contribution in [2.45, 2.75) is 17.2 Å². The Kier molecular flexibility index (Phi) is 4.88. The Balaban J connectivity index is 1.58. The smallest absolute Gasteiger partial charge is 0.252 e. The summed E-state index contributed by atoms with van der Waals surface area (Å²) in [6.45, 7) is 4.41. The maximum absolute atomic E-state index is 12.6. The lowest BCUT2D eigenvalue weighted by atomic mass is 10.2. The highest BCUT2D eigenvalue weighted by Gasteiger charge is 2.30. The highest BCUT2D eigenvalue weighted by molar-refractivity contribution is 7.91. The van der Waals surface area contributed by atoms with Crippen LogP contribution in [0.15, 0.2) is 39.2 Å². The second kappa shape index (κ2) is 6.74. The van der Waals surface area contributed by atoms with Gasteiger partial charge in [0.25, 0.3) is 10.0 Å². The summed E-state index contributed by atoms with van der Waals surface area (Å²) in [5.41, 5.74) is 0. The van der Waals surface area contributed by atoms with Crippen LogP contribution in [0.2, 0.25) is 0 Å². The van der Waals surface area contributed by atoms with Gasteiger partial charge in [-0.2, -0.15) is 4.31 Å². The summed E-state index contributed by atoms with van der Waals surface area (Å²) >= 11 is 1.30. The zero-order valence-corrected chi connectivity index (χ0v) is 14.5. The molecule has 0 amide bonds. The maximum Gasteiger partial charge on any atom is 0.252 e. The number of aliphatic hydroxyl groups is 1. The van der Waals surface area contributed by atoms with Crippen LogP contribution in [0.25, 0.3) is 0 Å². The van der Waals surface area contributed by atoms with Crippen LogP contribution in [0.5, 0.6) is 0 Å². The van der Waals surface area contributed by atoms with Gasteiger partial charge in [0.05, 0.1) is 6.26 Å². The molecule has 1 unspecified atom stereocenters. The number of nitrogens with zero attached hydrogens (tertiary/aromatic N) is 2. The molecule has 23 heavy (non-hydrogen) atoms. The number of thiophene rings is 1. The van der Waals surface area contributed by atoms with E-state index < -0.39 is 16.1 Å². The lowest BCUT2D eigenvalue weighted by Gasteiger charge is -2.34. The molecule has 126 valence electrons. The molecule has 0 aromatic carbocycles. The summed E-state index contributed by atoms with van der Waals surface area (Å²) in [5.74, 6) is 0.536. The van der Waals surface area contributed by atoms with Gasteiger partial charge in [0.1, 0.15) is 16.1 Å². The van der Waals surface area contributed by atoms with E-state index in [2.05, 4.69) is 4.90 Å². The summed E-state index contributed by atoms with van der Waals surface area (Å²) in [7, 11) is -3.39. The van der Waals surface area contributed by atoms with Crippen LogP contribution < -0.4 is 0 Å². The molecule has 3 heterocycles. The van der Waals surface area contributed by atoms with Crippen molar-refractivity contribution < 1.29 is 17.9 Å². The van der Waals surface area contributed by atoms with Gasteiger partial charge in [-0.25, -0.2) is 8.42 Å². The topological polar surface area (TPSA) is 74.0 Å². The van der Waals surface area contributed by atoms with Crippen molar-refractivity contribution >= 4 is 21.4 Å². The van der Waals surface area contributed by atoms with Gasteiger partial charge in [-0.3, -0.25) is 4.90 Å².